The average Bonchev–Trinajstić information content (AvgIpc) is 2.43. The highest BCUT2D eigenvalue weighted by molar-refractivity contribution is 9.10. The van der Waals surface area contributed by atoms with E-state index in [9.17, 15) is 26.4 Å². The first kappa shape index (κ1) is 21.4. The second-order valence-electron chi connectivity index (χ2n) is 4.64. The molecular weight excluding hydrogens is 446 g/mol. The highest BCUT2D eigenvalue weighted by Gasteiger charge is 2.15. The van der Waals surface area contributed by atoms with Crippen LogP contribution in [-0.2, 0) is 20.2 Å². The average molecular weight is 460 g/mol. The molecule has 0 bridgehead atoms. The van der Waals surface area contributed by atoms with Gasteiger partial charge < -0.3 is 10.6 Å². The van der Waals surface area contributed by atoms with E-state index >= 15 is 0 Å². The Morgan fingerprint density at radius 3 is 1.60 bits per heavy atom. The highest BCUT2D eigenvalue weighted by Crippen LogP contribution is 2.13. The van der Waals surface area contributed by atoms with Crippen molar-refractivity contribution in [3.8, 4) is 0 Å². The zero-order valence-electron chi connectivity index (χ0n) is 12.5. The zero-order valence-corrected chi connectivity index (χ0v) is 15.7. The zero-order chi connectivity index (χ0) is 19.3. The van der Waals surface area contributed by atoms with Gasteiger partial charge in [0.05, 0.1) is 11.5 Å². The molecule has 0 aliphatic carbocycles. The van der Waals surface area contributed by atoms with Gasteiger partial charge in [-0.2, -0.15) is 16.8 Å². The summed E-state index contributed by atoms with van der Waals surface area (Å²) in [5, 5.41) is 4.41. The predicted octanol–water partition coefficient (Wildman–Crippen LogP) is -0.921. The van der Waals surface area contributed by atoms with Gasteiger partial charge in [-0.05, 0) is 12.1 Å². The Kier molecular flexibility index (Phi) is 7.43. The molecule has 0 spiro atoms. The van der Waals surface area contributed by atoms with Crippen LogP contribution in [0.5, 0.6) is 0 Å². The fourth-order valence-electron chi connectivity index (χ4n) is 1.50. The minimum absolute atomic E-state index is 0.204. The van der Waals surface area contributed by atoms with E-state index in [2.05, 4.69) is 31.5 Å². The number of rotatable bonds is 8. The van der Waals surface area contributed by atoms with Gasteiger partial charge in [-0.3, -0.25) is 18.7 Å². The molecule has 1 heterocycles. The van der Waals surface area contributed by atoms with Crippen LogP contribution in [0.2, 0.25) is 0 Å². The fourth-order valence-corrected chi connectivity index (χ4v) is 2.65. The number of pyridine rings is 1. The smallest absolute Gasteiger partial charge is 0.269 e. The number of aromatic nitrogens is 1. The van der Waals surface area contributed by atoms with Crippen molar-refractivity contribution in [2.75, 3.05) is 24.6 Å². The SMILES string of the molecule is O=C(NCCS(=O)(=O)O)c1cc(Br)cc(C(=O)NCCS(=O)(=O)O)n1. The number of nitrogens with zero attached hydrogens (tertiary/aromatic N) is 1. The molecule has 1 rings (SSSR count). The van der Waals surface area contributed by atoms with E-state index in [0.29, 0.717) is 4.47 Å². The number of amides is 2. The summed E-state index contributed by atoms with van der Waals surface area (Å²) in [6.45, 7) is -0.719. The Morgan fingerprint density at radius 2 is 1.28 bits per heavy atom. The van der Waals surface area contributed by atoms with Gasteiger partial charge in [0.15, 0.2) is 0 Å². The molecule has 0 saturated carbocycles. The lowest BCUT2D eigenvalue weighted by Crippen LogP contribution is -2.32. The van der Waals surface area contributed by atoms with E-state index in [1.165, 1.54) is 12.1 Å². The molecule has 0 radical (unpaired) electrons. The van der Waals surface area contributed by atoms with Gasteiger partial charge >= 0.3 is 0 Å². The summed E-state index contributed by atoms with van der Waals surface area (Å²) in [6.07, 6.45) is 0. The molecular formula is C11H14BrN3O8S2. The molecule has 0 unspecified atom stereocenters. The van der Waals surface area contributed by atoms with Crippen molar-refractivity contribution in [2.45, 2.75) is 0 Å². The van der Waals surface area contributed by atoms with E-state index in [0.717, 1.165) is 0 Å². The minimum Gasteiger partial charge on any atom is -0.350 e. The number of hydrogen-bond acceptors (Lipinski definition) is 7. The van der Waals surface area contributed by atoms with E-state index in [1.807, 2.05) is 0 Å². The third-order valence-electron chi connectivity index (χ3n) is 2.55. The summed E-state index contributed by atoms with van der Waals surface area (Å²) in [7, 11) is -8.46. The molecule has 0 aliphatic heterocycles. The van der Waals surface area contributed by atoms with E-state index in [4.69, 9.17) is 9.11 Å². The molecule has 0 aliphatic rings. The lowest BCUT2D eigenvalue weighted by molar-refractivity contribution is 0.0947. The standard InChI is InChI=1S/C11H14BrN3O8S2/c12-7-5-8(10(16)13-1-3-24(18,19)20)15-9(6-7)11(17)14-2-4-25(21,22)23/h5-6H,1-4H2,(H,13,16)(H,14,17)(H,18,19,20)(H,21,22,23). The number of carbonyl (C=O) groups excluding carboxylic acids is 2. The van der Waals surface area contributed by atoms with Crippen molar-refractivity contribution >= 4 is 48.0 Å². The number of nitrogens with one attached hydrogen (secondary N) is 2. The van der Waals surface area contributed by atoms with Crippen LogP contribution in [0.4, 0.5) is 0 Å². The maximum absolute atomic E-state index is 11.9. The van der Waals surface area contributed by atoms with Crippen LogP contribution in [0.25, 0.3) is 0 Å². The summed E-state index contributed by atoms with van der Waals surface area (Å²) < 4.78 is 59.8. The second kappa shape index (κ2) is 8.66. The topological polar surface area (TPSA) is 180 Å². The summed E-state index contributed by atoms with van der Waals surface area (Å²) in [5.74, 6) is -2.93. The van der Waals surface area contributed by atoms with Gasteiger partial charge in [-0.25, -0.2) is 4.98 Å². The maximum Gasteiger partial charge on any atom is 0.269 e. The molecule has 1 aromatic heterocycles. The largest absolute Gasteiger partial charge is 0.350 e. The third-order valence-corrected chi connectivity index (χ3v) is 4.44. The van der Waals surface area contributed by atoms with Crippen molar-refractivity contribution in [1.29, 1.82) is 0 Å². The van der Waals surface area contributed by atoms with Gasteiger partial charge in [-0.1, -0.05) is 15.9 Å². The van der Waals surface area contributed by atoms with Crippen LogP contribution in [0.15, 0.2) is 16.6 Å². The van der Waals surface area contributed by atoms with Gasteiger partial charge in [0.2, 0.25) is 0 Å². The highest BCUT2D eigenvalue weighted by atomic mass is 79.9. The molecule has 2 amide bonds. The van der Waals surface area contributed by atoms with Crippen molar-refractivity contribution in [3.05, 3.63) is 28.0 Å². The minimum atomic E-state index is -4.23. The molecule has 1 aromatic rings. The first-order chi connectivity index (χ1) is 11.4. The first-order valence-corrected chi connectivity index (χ1v) is 10.5. The molecule has 0 fully saturated rings. The Morgan fingerprint density at radius 1 is 0.920 bits per heavy atom. The Hall–Kier alpha value is -1.61. The van der Waals surface area contributed by atoms with E-state index in [-0.39, 0.29) is 24.5 Å². The van der Waals surface area contributed by atoms with Gasteiger partial charge in [0.1, 0.15) is 11.4 Å². The van der Waals surface area contributed by atoms with E-state index < -0.39 is 43.6 Å². The van der Waals surface area contributed by atoms with Crippen LogP contribution >= 0.6 is 15.9 Å². The van der Waals surface area contributed by atoms with Crippen LogP contribution in [-0.4, -0.2) is 67.3 Å². The monoisotopic (exact) mass is 459 g/mol. The quantitative estimate of drug-likeness (QED) is 0.357. The molecule has 0 aromatic carbocycles. The Balaban J connectivity index is 2.77. The summed E-state index contributed by atoms with van der Waals surface area (Å²) in [4.78, 5) is 27.6. The van der Waals surface area contributed by atoms with Gasteiger partial charge in [-0.15, -0.1) is 0 Å². The number of halogens is 1. The summed E-state index contributed by atoms with van der Waals surface area (Å²) in [6, 6.07) is 2.55. The van der Waals surface area contributed by atoms with Crippen molar-refractivity contribution in [3.63, 3.8) is 0 Å². The van der Waals surface area contributed by atoms with Crippen molar-refractivity contribution in [1.82, 2.24) is 15.6 Å². The summed E-state index contributed by atoms with van der Waals surface area (Å²) >= 11 is 3.08. The lowest BCUT2D eigenvalue weighted by Gasteiger charge is -2.07. The maximum atomic E-state index is 11.9. The van der Waals surface area contributed by atoms with E-state index in [1.54, 1.807) is 0 Å². The fraction of sp³-hybridized carbons (Fsp3) is 0.364. The van der Waals surface area contributed by atoms with Gasteiger partial charge in [0, 0.05) is 17.6 Å². The first-order valence-electron chi connectivity index (χ1n) is 6.52. The molecule has 140 valence electrons. The third kappa shape index (κ3) is 8.87. The summed E-state index contributed by atoms with van der Waals surface area (Å²) in [5.41, 5.74) is -0.408. The van der Waals surface area contributed by atoms with Gasteiger partial charge in [0.25, 0.3) is 32.1 Å². The normalized spacial score (nSPS) is 11.8. The molecule has 14 heteroatoms. The number of carbonyl (C=O) groups is 2. The molecule has 4 N–H and O–H groups in total. The van der Waals surface area contributed by atoms with Crippen LogP contribution in [0, 0.1) is 0 Å². The van der Waals surface area contributed by atoms with Crippen LogP contribution in [0.3, 0.4) is 0 Å². The second-order valence-corrected chi connectivity index (χ2v) is 8.70. The van der Waals surface area contributed by atoms with Crippen LogP contribution in [0.1, 0.15) is 21.0 Å². The lowest BCUT2D eigenvalue weighted by atomic mass is 10.2. The molecule has 0 saturated heterocycles. The Labute approximate surface area is 151 Å². The predicted molar refractivity (Wildman–Crippen MR) is 89.4 cm³/mol. The molecule has 25 heavy (non-hydrogen) atoms. The Bertz CT molecular complexity index is 801. The van der Waals surface area contributed by atoms with Crippen molar-refractivity contribution in [2.24, 2.45) is 0 Å². The van der Waals surface area contributed by atoms with Crippen LogP contribution < -0.4 is 10.6 Å². The van der Waals surface area contributed by atoms with Crippen molar-refractivity contribution < 1.29 is 35.5 Å². The molecule has 11 nitrogen and oxygen atoms in total. The molecule has 0 atom stereocenters. The number of hydrogen-bond donors (Lipinski definition) is 4.